The molecule has 1 atom stereocenters. The lowest BCUT2D eigenvalue weighted by Crippen LogP contribution is -2.42. The third-order valence-corrected chi connectivity index (χ3v) is 5.29. The lowest BCUT2D eigenvalue weighted by molar-refractivity contribution is -0.143. The van der Waals surface area contributed by atoms with Gasteiger partial charge in [-0.3, -0.25) is 4.79 Å². The van der Waals surface area contributed by atoms with Gasteiger partial charge in [-0.15, -0.1) is 0 Å². The highest BCUT2D eigenvalue weighted by Gasteiger charge is 2.27. The quantitative estimate of drug-likeness (QED) is 0.773. The normalized spacial score (nSPS) is 13.2. The van der Waals surface area contributed by atoms with Crippen LogP contribution < -0.4 is 4.72 Å². The van der Waals surface area contributed by atoms with Gasteiger partial charge in [0.2, 0.25) is 10.0 Å². The van der Waals surface area contributed by atoms with Gasteiger partial charge in [-0.05, 0) is 43.0 Å². The van der Waals surface area contributed by atoms with Gasteiger partial charge in [0.1, 0.15) is 6.04 Å². The maximum absolute atomic E-state index is 12.4. The summed E-state index contributed by atoms with van der Waals surface area (Å²) in [6.45, 7) is 5.62. The van der Waals surface area contributed by atoms with E-state index in [0.29, 0.717) is 6.42 Å². The number of aryl methyl sites for hydroxylation is 1. The molecule has 0 fully saturated rings. The van der Waals surface area contributed by atoms with Crippen molar-refractivity contribution in [3.8, 4) is 0 Å². The number of ether oxygens (including phenoxy) is 1. The predicted molar refractivity (Wildman–Crippen MR) is 84.5 cm³/mol. The number of nitrogens with one attached hydrogen (secondary N) is 1. The molecule has 1 aromatic carbocycles. The fraction of sp³-hybridized carbons (Fsp3) is 0.500. The summed E-state index contributed by atoms with van der Waals surface area (Å²) >= 11 is 3.32. The zero-order valence-corrected chi connectivity index (χ0v) is 14.9. The lowest BCUT2D eigenvalue weighted by Gasteiger charge is -2.18. The van der Waals surface area contributed by atoms with Gasteiger partial charge in [-0.1, -0.05) is 29.8 Å². The molecule has 118 valence electrons. The molecule has 0 saturated carbocycles. The first-order valence-corrected chi connectivity index (χ1v) is 8.81. The molecule has 7 heteroatoms. The van der Waals surface area contributed by atoms with E-state index < -0.39 is 22.0 Å². The van der Waals surface area contributed by atoms with Crippen LogP contribution in [0.3, 0.4) is 0 Å². The molecule has 0 radical (unpaired) electrons. The Labute approximate surface area is 134 Å². The van der Waals surface area contributed by atoms with Gasteiger partial charge in [-0.2, -0.15) is 4.72 Å². The number of methoxy groups -OCH3 is 1. The van der Waals surface area contributed by atoms with Gasteiger partial charge in [0, 0.05) is 4.47 Å². The first-order chi connectivity index (χ1) is 9.67. The molecule has 0 spiro atoms. The number of esters is 1. The molecule has 0 aromatic heterocycles. The molecule has 0 amide bonds. The maximum atomic E-state index is 12.4. The lowest BCUT2D eigenvalue weighted by atomic mass is 10.1. The molecule has 0 saturated heterocycles. The topological polar surface area (TPSA) is 72.5 Å². The second-order valence-corrected chi connectivity index (χ2v) is 7.81. The van der Waals surface area contributed by atoms with Crippen LogP contribution in [0.15, 0.2) is 27.6 Å². The Balaban J connectivity index is 3.05. The third kappa shape index (κ3) is 5.09. The highest BCUT2D eigenvalue weighted by atomic mass is 79.9. The molecule has 0 bridgehead atoms. The van der Waals surface area contributed by atoms with Crippen LogP contribution in [-0.2, 0) is 19.6 Å². The molecule has 0 aliphatic carbocycles. The number of hydrogen-bond donors (Lipinski definition) is 1. The molecule has 0 aliphatic heterocycles. The summed E-state index contributed by atoms with van der Waals surface area (Å²) in [5.74, 6) is -0.426. The molecule has 1 N–H and O–H groups in total. The van der Waals surface area contributed by atoms with Crippen LogP contribution in [0.2, 0.25) is 0 Å². The fourth-order valence-corrected chi connectivity index (χ4v) is 3.37. The molecule has 5 nitrogen and oxygen atoms in total. The minimum atomic E-state index is -3.77. The van der Waals surface area contributed by atoms with Crippen LogP contribution in [0.4, 0.5) is 0 Å². The molecule has 0 aliphatic rings. The van der Waals surface area contributed by atoms with E-state index >= 15 is 0 Å². The van der Waals surface area contributed by atoms with Crippen molar-refractivity contribution in [1.29, 1.82) is 0 Å². The van der Waals surface area contributed by atoms with E-state index in [-0.39, 0.29) is 10.8 Å². The van der Waals surface area contributed by atoms with Crippen molar-refractivity contribution in [3.63, 3.8) is 0 Å². The van der Waals surface area contributed by atoms with E-state index in [1.807, 2.05) is 13.8 Å². The van der Waals surface area contributed by atoms with Crippen LogP contribution in [0, 0.1) is 12.8 Å². The Morgan fingerprint density at radius 1 is 1.38 bits per heavy atom. The summed E-state index contributed by atoms with van der Waals surface area (Å²) in [6.07, 6.45) is 0.376. The summed E-state index contributed by atoms with van der Waals surface area (Å²) in [5, 5.41) is 0. The number of carbonyl (C=O) groups excluding carboxylic acids is 1. The van der Waals surface area contributed by atoms with Crippen molar-refractivity contribution in [3.05, 3.63) is 28.2 Å². The van der Waals surface area contributed by atoms with Crippen molar-refractivity contribution < 1.29 is 17.9 Å². The van der Waals surface area contributed by atoms with Gasteiger partial charge in [0.05, 0.1) is 12.0 Å². The van der Waals surface area contributed by atoms with Crippen molar-refractivity contribution >= 4 is 31.9 Å². The average molecular weight is 378 g/mol. The summed E-state index contributed by atoms with van der Waals surface area (Å²) in [4.78, 5) is 11.8. The zero-order valence-electron chi connectivity index (χ0n) is 12.5. The van der Waals surface area contributed by atoms with Gasteiger partial charge < -0.3 is 4.74 Å². The first-order valence-electron chi connectivity index (χ1n) is 6.53. The van der Waals surface area contributed by atoms with Crippen molar-refractivity contribution in [1.82, 2.24) is 4.72 Å². The maximum Gasteiger partial charge on any atom is 0.323 e. The van der Waals surface area contributed by atoms with Gasteiger partial charge in [0.25, 0.3) is 0 Å². The Kier molecular flexibility index (Phi) is 6.37. The molecular weight excluding hydrogens is 358 g/mol. The summed E-state index contributed by atoms with van der Waals surface area (Å²) < 4.78 is 32.7. The van der Waals surface area contributed by atoms with Crippen molar-refractivity contribution in [2.75, 3.05) is 7.11 Å². The average Bonchev–Trinajstić information content (AvgIpc) is 2.39. The third-order valence-electron chi connectivity index (χ3n) is 2.93. The van der Waals surface area contributed by atoms with E-state index in [4.69, 9.17) is 0 Å². The van der Waals surface area contributed by atoms with Crippen molar-refractivity contribution in [2.24, 2.45) is 5.92 Å². The number of hydrogen-bond acceptors (Lipinski definition) is 4. The Bertz CT molecular complexity index is 613. The van der Waals surface area contributed by atoms with E-state index in [2.05, 4.69) is 25.4 Å². The molecule has 21 heavy (non-hydrogen) atoms. The second-order valence-electron chi connectivity index (χ2n) is 5.24. The Morgan fingerprint density at radius 2 is 2.00 bits per heavy atom. The number of halogens is 1. The van der Waals surface area contributed by atoms with E-state index in [0.717, 1.165) is 10.0 Å². The largest absolute Gasteiger partial charge is 0.468 e. The van der Waals surface area contributed by atoms with Gasteiger partial charge in [-0.25, -0.2) is 8.42 Å². The Hall–Kier alpha value is -0.920. The SMILES string of the molecule is COC(=O)[C@@H](CC(C)C)NS(=O)(=O)c1ccc(Br)c(C)c1. The minimum Gasteiger partial charge on any atom is -0.468 e. The highest BCUT2D eigenvalue weighted by Crippen LogP contribution is 2.20. The number of carbonyl (C=O) groups is 1. The molecular formula is C14H20BrNO4S. The van der Waals surface area contributed by atoms with E-state index in [1.165, 1.54) is 13.2 Å². The molecule has 1 rings (SSSR count). The standard InChI is InChI=1S/C14H20BrNO4S/c1-9(2)7-13(14(17)20-4)16-21(18,19)11-5-6-12(15)10(3)8-11/h5-6,8-9,13,16H,7H2,1-4H3/t13-/m1/s1. The number of benzene rings is 1. The second kappa shape index (κ2) is 7.38. The first kappa shape index (κ1) is 18.1. The van der Waals surface area contributed by atoms with E-state index in [1.54, 1.807) is 19.1 Å². The number of rotatable bonds is 6. The predicted octanol–water partition coefficient (Wildman–Crippen LogP) is 2.62. The monoisotopic (exact) mass is 377 g/mol. The smallest absolute Gasteiger partial charge is 0.323 e. The summed E-state index contributed by atoms with van der Waals surface area (Å²) in [7, 11) is -2.53. The fourth-order valence-electron chi connectivity index (χ4n) is 1.85. The Morgan fingerprint density at radius 3 is 2.48 bits per heavy atom. The van der Waals surface area contributed by atoms with Gasteiger partial charge >= 0.3 is 5.97 Å². The van der Waals surface area contributed by atoms with Gasteiger partial charge in [0.15, 0.2) is 0 Å². The molecule has 0 unspecified atom stereocenters. The number of sulfonamides is 1. The highest BCUT2D eigenvalue weighted by molar-refractivity contribution is 9.10. The zero-order chi connectivity index (χ0) is 16.2. The minimum absolute atomic E-state index is 0.126. The van der Waals surface area contributed by atoms with Crippen LogP contribution >= 0.6 is 15.9 Å². The molecule has 0 heterocycles. The van der Waals surface area contributed by atoms with Crippen LogP contribution in [-0.4, -0.2) is 27.5 Å². The summed E-state index contributed by atoms with van der Waals surface area (Å²) in [5.41, 5.74) is 0.802. The van der Waals surface area contributed by atoms with Crippen LogP contribution in [0.25, 0.3) is 0 Å². The molecule has 1 aromatic rings. The van der Waals surface area contributed by atoms with Crippen LogP contribution in [0.5, 0.6) is 0 Å². The van der Waals surface area contributed by atoms with Crippen molar-refractivity contribution in [2.45, 2.75) is 38.1 Å². The van der Waals surface area contributed by atoms with E-state index in [9.17, 15) is 13.2 Å². The summed E-state index contributed by atoms with van der Waals surface area (Å²) in [6, 6.07) is 3.82. The van der Waals surface area contributed by atoms with Crippen LogP contribution in [0.1, 0.15) is 25.8 Å².